The van der Waals surface area contributed by atoms with Gasteiger partial charge in [-0.05, 0) is 55.5 Å². The molecule has 1 unspecified atom stereocenters. The highest BCUT2D eigenvalue weighted by Crippen LogP contribution is 2.33. The van der Waals surface area contributed by atoms with E-state index in [-0.39, 0.29) is 0 Å². The van der Waals surface area contributed by atoms with Crippen LogP contribution < -0.4 is 4.74 Å². The highest BCUT2D eigenvalue weighted by atomic mass is 19.1. The number of hydrogen-bond acceptors (Lipinski definition) is 3. The Balaban J connectivity index is 1.78. The Kier molecular flexibility index (Phi) is 7.12. The van der Waals surface area contributed by atoms with Crippen LogP contribution in [0.4, 0.5) is 4.39 Å². The van der Waals surface area contributed by atoms with Crippen LogP contribution in [0, 0.1) is 0 Å². The second-order valence-corrected chi connectivity index (χ2v) is 7.11. The molecule has 0 bridgehead atoms. The number of rotatable bonds is 10. The molecule has 0 saturated carbocycles. The predicted molar refractivity (Wildman–Crippen MR) is 113 cm³/mol. The van der Waals surface area contributed by atoms with Crippen LogP contribution in [0.5, 0.6) is 5.75 Å². The molecule has 4 heteroatoms. The SMILES string of the molecule is C=CCOc1cc(CCCCCC(C)F)ccc1-c1ccc2ncncc2c1. The first-order chi connectivity index (χ1) is 13.7. The molecule has 0 aliphatic rings. The lowest BCUT2D eigenvalue weighted by Crippen LogP contribution is -1.97. The third-order valence-corrected chi connectivity index (χ3v) is 4.79. The summed E-state index contributed by atoms with van der Waals surface area (Å²) in [5.74, 6) is 0.853. The molecule has 1 atom stereocenters. The van der Waals surface area contributed by atoms with Crippen molar-refractivity contribution in [3.8, 4) is 16.9 Å². The maximum Gasteiger partial charge on any atom is 0.127 e. The predicted octanol–water partition coefficient (Wildman–Crippen LogP) is 6.32. The zero-order chi connectivity index (χ0) is 19.8. The van der Waals surface area contributed by atoms with Crippen molar-refractivity contribution in [1.82, 2.24) is 9.97 Å². The number of ether oxygens (including phenoxy) is 1. The summed E-state index contributed by atoms with van der Waals surface area (Å²) < 4.78 is 18.8. The van der Waals surface area contributed by atoms with Crippen molar-refractivity contribution >= 4 is 10.9 Å². The van der Waals surface area contributed by atoms with Crippen LogP contribution in [0.25, 0.3) is 22.0 Å². The monoisotopic (exact) mass is 378 g/mol. The van der Waals surface area contributed by atoms with E-state index in [0.717, 1.165) is 53.5 Å². The molecule has 2 aromatic carbocycles. The van der Waals surface area contributed by atoms with E-state index in [9.17, 15) is 4.39 Å². The summed E-state index contributed by atoms with van der Waals surface area (Å²) in [6, 6.07) is 12.5. The van der Waals surface area contributed by atoms with Crippen molar-refractivity contribution in [3.05, 3.63) is 67.1 Å². The van der Waals surface area contributed by atoms with Gasteiger partial charge in [-0.1, -0.05) is 43.7 Å². The Labute approximate surface area is 166 Å². The van der Waals surface area contributed by atoms with Crippen LogP contribution in [0.2, 0.25) is 0 Å². The van der Waals surface area contributed by atoms with Crippen LogP contribution in [-0.2, 0) is 6.42 Å². The van der Waals surface area contributed by atoms with Gasteiger partial charge in [0.2, 0.25) is 0 Å². The maximum absolute atomic E-state index is 12.9. The second kappa shape index (κ2) is 9.98. The lowest BCUT2D eigenvalue weighted by molar-refractivity contribution is 0.330. The number of alkyl halides is 1. The van der Waals surface area contributed by atoms with Crippen molar-refractivity contribution in [2.75, 3.05) is 6.61 Å². The molecule has 0 fully saturated rings. The number of benzene rings is 2. The van der Waals surface area contributed by atoms with Crippen molar-refractivity contribution < 1.29 is 9.13 Å². The molecule has 1 heterocycles. The van der Waals surface area contributed by atoms with E-state index < -0.39 is 6.17 Å². The summed E-state index contributed by atoms with van der Waals surface area (Å²) in [5, 5.41) is 1.00. The summed E-state index contributed by atoms with van der Waals surface area (Å²) in [6.07, 6.45) is 9.09. The van der Waals surface area contributed by atoms with Crippen molar-refractivity contribution in [2.45, 2.75) is 45.2 Å². The Morgan fingerprint density at radius 1 is 1.14 bits per heavy atom. The van der Waals surface area contributed by atoms with Gasteiger partial charge in [-0.15, -0.1) is 0 Å². The van der Waals surface area contributed by atoms with Gasteiger partial charge in [0.1, 0.15) is 18.7 Å². The molecule has 0 aliphatic carbocycles. The molecule has 0 saturated heterocycles. The van der Waals surface area contributed by atoms with E-state index in [1.54, 1.807) is 19.3 Å². The van der Waals surface area contributed by atoms with E-state index in [1.165, 1.54) is 5.56 Å². The van der Waals surface area contributed by atoms with E-state index in [1.807, 2.05) is 12.3 Å². The molecule has 146 valence electrons. The molecule has 3 nitrogen and oxygen atoms in total. The fourth-order valence-corrected chi connectivity index (χ4v) is 3.31. The number of nitrogens with zero attached hydrogens (tertiary/aromatic N) is 2. The molecule has 28 heavy (non-hydrogen) atoms. The minimum absolute atomic E-state index is 0.460. The first-order valence-electron chi connectivity index (χ1n) is 9.88. The van der Waals surface area contributed by atoms with Gasteiger partial charge in [-0.2, -0.15) is 0 Å². The second-order valence-electron chi connectivity index (χ2n) is 7.11. The highest BCUT2D eigenvalue weighted by Gasteiger charge is 2.09. The maximum atomic E-state index is 12.9. The van der Waals surface area contributed by atoms with E-state index in [2.05, 4.69) is 46.9 Å². The van der Waals surface area contributed by atoms with Gasteiger partial charge in [0.05, 0.1) is 11.7 Å². The lowest BCUT2D eigenvalue weighted by atomic mass is 9.98. The van der Waals surface area contributed by atoms with E-state index in [4.69, 9.17) is 4.74 Å². The zero-order valence-electron chi connectivity index (χ0n) is 16.4. The van der Waals surface area contributed by atoms with Crippen LogP contribution in [0.1, 0.15) is 38.2 Å². The van der Waals surface area contributed by atoms with Crippen LogP contribution in [-0.4, -0.2) is 22.7 Å². The van der Waals surface area contributed by atoms with Gasteiger partial charge in [0.25, 0.3) is 0 Å². The fourth-order valence-electron chi connectivity index (χ4n) is 3.31. The van der Waals surface area contributed by atoms with Crippen molar-refractivity contribution in [1.29, 1.82) is 0 Å². The van der Waals surface area contributed by atoms with Gasteiger partial charge >= 0.3 is 0 Å². The number of hydrogen-bond donors (Lipinski definition) is 0. The van der Waals surface area contributed by atoms with Gasteiger partial charge in [-0.3, -0.25) is 0 Å². The molecule has 0 aliphatic heterocycles. The van der Waals surface area contributed by atoms with Crippen molar-refractivity contribution in [2.24, 2.45) is 0 Å². The number of aromatic nitrogens is 2. The van der Waals surface area contributed by atoms with Gasteiger partial charge in [-0.25, -0.2) is 14.4 Å². The molecule has 3 aromatic rings. The number of halogens is 1. The minimum Gasteiger partial charge on any atom is -0.489 e. The molecule has 0 radical (unpaired) electrons. The largest absolute Gasteiger partial charge is 0.489 e. The molecule has 0 N–H and O–H groups in total. The minimum atomic E-state index is -0.703. The molecule has 0 spiro atoms. The quantitative estimate of drug-likeness (QED) is 0.306. The normalized spacial score (nSPS) is 12.1. The smallest absolute Gasteiger partial charge is 0.127 e. The number of unbranched alkanes of at least 4 members (excludes halogenated alkanes) is 2. The Morgan fingerprint density at radius 2 is 2.04 bits per heavy atom. The van der Waals surface area contributed by atoms with Crippen LogP contribution >= 0.6 is 0 Å². The summed E-state index contributed by atoms with van der Waals surface area (Å²) in [5.41, 5.74) is 4.28. The first kappa shape index (κ1) is 20.0. The Hall–Kier alpha value is -2.75. The Morgan fingerprint density at radius 3 is 2.86 bits per heavy atom. The Bertz CT molecular complexity index is 923. The standard InChI is InChI=1S/C24H27FN2O/c1-3-13-28-24-14-19(8-6-4-5-7-18(2)25)9-11-22(24)20-10-12-23-21(15-20)16-26-17-27-23/h3,9-12,14-18H,1,4-8,13H2,2H3. The van der Waals surface area contributed by atoms with E-state index in [0.29, 0.717) is 13.0 Å². The average Bonchev–Trinajstić information content (AvgIpc) is 2.71. The molecular formula is C24H27FN2O. The summed E-state index contributed by atoms with van der Waals surface area (Å²) >= 11 is 0. The molecule has 0 amide bonds. The summed E-state index contributed by atoms with van der Waals surface area (Å²) in [4.78, 5) is 8.40. The van der Waals surface area contributed by atoms with Gasteiger partial charge in [0.15, 0.2) is 0 Å². The van der Waals surface area contributed by atoms with Crippen LogP contribution in [0.3, 0.4) is 0 Å². The molecule has 1 aromatic heterocycles. The zero-order valence-corrected chi connectivity index (χ0v) is 16.4. The van der Waals surface area contributed by atoms with Gasteiger partial charge < -0.3 is 4.74 Å². The average molecular weight is 378 g/mol. The third-order valence-electron chi connectivity index (χ3n) is 4.79. The molecular weight excluding hydrogens is 351 g/mol. The topological polar surface area (TPSA) is 35.0 Å². The number of aryl methyl sites for hydroxylation is 1. The van der Waals surface area contributed by atoms with Crippen LogP contribution in [0.15, 0.2) is 61.6 Å². The highest BCUT2D eigenvalue weighted by molar-refractivity contribution is 5.85. The van der Waals surface area contributed by atoms with E-state index >= 15 is 0 Å². The fraction of sp³-hybridized carbons (Fsp3) is 0.333. The van der Waals surface area contributed by atoms with Crippen molar-refractivity contribution in [3.63, 3.8) is 0 Å². The summed E-state index contributed by atoms with van der Waals surface area (Å²) in [6.45, 7) is 5.84. The lowest BCUT2D eigenvalue weighted by Gasteiger charge is -2.13. The molecule has 3 rings (SSSR count). The van der Waals surface area contributed by atoms with Gasteiger partial charge in [0, 0.05) is 17.1 Å². The number of fused-ring (bicyclic) bond motifs is 1. The first-order valence-corrected chi connectivity index (χ1v) is 9.88. The third kappa shape index (κ3) is 5.38. The summed E-state index contributed by atoms with van der Waals surface area (Å²) in [7, 11) is 0.